The molecule has 0 aromatic heterocycles. The lowest BCUT2D eigenvalue weighted by Gasteiger charge is -1.94. The molecule has 0 aliphatic carbocycles. The fraction of sp³-hybridized carbons (Fsp3) is 0. The largest absolute Gasteiger partial charge is 0.359 e. The van der Waals surface area contributed by atoms with Gasteiger partial charge in [-0.05, 0) is 11.6 Å². The second-order valence-electron chi connectivity index (χ2n) is 1.36. The van der Waals surface area contributed by atoms with E-state index < -0.39 is 6.26 Å². The van der Waals surface area contributed by atoms with E-state index in [0.29, 0.717) is 0 Å². The van der Waals surface area contributed by atoms with Crippen molar-refractivity contribution in [2.45, 2.75) is 0 Å². The standard InChI is InChI=1S/C4H5OPS/c5-6(7)3-1-2-4-6/h1-4H,(H,5,7). The van der Waals surface area contributed by atoms with Crippen molar-refractivity contribution in [3.8, 4) is 0 Å². The first-order chi connectivity index (χ1) is 3.21. The number of rotatable bonds is 0. The van der Waals surface area contributed by atoms with Gasteiger partial charge < -0.3 is 4.89 Å². The minimum absolute atomic E-state index is 1.67. The second kappa shape index (κ2) is 1.55. The zero-order valence-electron chi connectivity index (χ0n) is 3.61. The molecular weight excluding hydrogens is 127 g/mol. The molecule has 0 radical (unpaired) electrons. The molecule has 0 aromatic carbocycles. The first kappa shape index (κ1) is 5.23. The lowest BCUT2D eigenvalue weighted by molar-refractivity contribution is 0.641. The summed E-state index contributed by atoms with van der Waals surface area (Å²) in [5.41, 5.74) is 0. The summed E-state index contributed by atoms with van der Waals surface area (Å²) in [7, 11) is 0. The van der Waals surface area contributed by atoms with Gasteiger partial charge in [-0.1, -0.05) is 24.0 Å². The highest BCUT2D eigenvalue weighted by Crippen LogP contribution is 2.47. The Morgan fingerprint density at radius 2 is 1.71 bits per heavy atom. The van der Waals surface area contributed by atoms with E-state index in [1.165, 1.54) is 0 Å². The van der Waals surface area contributed by atoms with Crippen molar-refractivity contribution >= 4 is 18.1 Å². The number of hydrogen-bond donors (Lipinski definition) is 1. The van der Waals surface area contributed by atoms with Crippen molar-refractivity contribution in [3.05, 3.63) is 23.8 Å². The molecule has 1 aliphatic rings. The summed E-state index contributed by atoms with van der Waals surface area (Å²) in [5.74, 6) is 3.34. The topological polar surface area (TPSA) is 20.2 Å². The average molecular weight is 132 g/mol. The van der Waals surface area contributed by atoms with Gasteiger partial charge in [0.15, 0.2) is 0 Å². The summed E-state index contributed by atoms with van der Waals surface area (Å²) < 4.78 is 0. The molecule has 1 nitrogen and oxygen atoms in total. The van der Waals surface area contributed by atoms with Crippen LogP contribution in [0.2, 0.25) is 0 Å². The molecule has 3 heteroatoms. The molecule has 0 fully saturated rings. The third-order valence-corrected chi connectivity index (χ3v) is 2.64. The Kier molecular flexibility index (Phi) is 1.16. The molecule has 0 atom stereocenters. The summed E-state index contributed by atoms with van der Waals surface area (Å²) in [6.07, 6.45) is 1.49. The zero-order valence-corrected chi connectivity index (χ0v) is 5.32. The summed E-state index contributed by atoms with van der Waals surface area (Å²) >= 11 is 4.70. The fourth-order valence-corrected chi connectivity index (χ4v) is 1.61. The van der Waals surface area contributed by atoms with Gasteiger partial charge in [-0.25, -0.2) is 0 Å². The van der Waals surface area contributed by atoms with Gasteiger partial charge >= 0.3 is 0 Å². The van der Waals surface area contributed by atoms with Crippen molar-refractivity contribution in [2.75, 3.05) is 0 Å². The van der Waals surface area contributed by atoms with Crippen LogP contribution in [0.4, 0.5) is 0 Å². The van der Waals surface area contributed by atoms with Crippen LogP contribution in [-0.2, 0) is 11.8 Å². The van der Waals surface area contributed by atoms with Gasteiger partial charge in [-0.15, -0.1) is 0 Å². The Morgan fingerprint density at radius 3 is 1.86 bits per heavy atom. The van der Waals surface area contributed by atoms with Crippen LogP contribution in [0.25, 0.3) is 0 Å². The van der Waals surface area contributed by atoms with Crippen molar-refractivity contribution in [3.63, 3.8) is 0 Å². The van der Waals surface area contributed by atoms with E-state index >= 15 is 0 Å². The van der Waals surface area contributed by atoms with Crippen molar-refractivity contribution in [1.29, 1.82) is 0 Å². The lowest BCUT2D eigenvalue weighted by Crippen LogP contribution is -1.56. The molecule has 1 heterocycles. The highest BCUT2D eigenvalue weighted by Gasteiger charge is 2.03. The first-order valence-corrected chi connectivity index (χ1v) is 4.79. The highest BCUT2D eigenvalue weighted by atomic mass is 32.4. The highest BCUT2D eigenvalue weighted by molar-refractivity contribution is 8.14. The van der Waals surface area contributed by atoms with E-state index in [1.807, 2.05) is 0 Å². The van der Waals surface area contributed by atoms with E-state index in [1.54, 1.807) is 23.8 Å². The molecule has 0 unspecified atom stereocenters. The van der Waals surface area contributed by atoms with Crippen molar-refractivity contribution < 1.29 is 4.89 Å². The molecule has 0 saturated carbocycles. The molecule has 0 aromatic rings. The van der Waals surface area contributed by atoms with Gasteiger partial charge in [0.2, 0.25) is 0 Å². The smallest absolute Gasteiger partial charge is 0.106 e. The molecule has 0 saturated heterocycles. The number of hydrogen-bond acceptors (Lipinski definition) is 1. The molecule has 1 aliphatic heterocycles. The van der Waals surface area contributed by atoms with E-state index in [0.717, 1.165) is 0 Å². The van der Waals surface area contributed by atoms with Crippen LogP contribution in [0.3, 0.4) is 0 Å². The van der Waals surface area contributed by atoms with E-state index in [4.69, 9.17) is 16.7 Å². The summed E-state index contributed by atoms with van der Waals surface area (Å²) in [6.45, 7) is 0. The van der Waals surface area contributed by atoms with Crippen LogP contribution in [0.1, 0.15) is 0 Å². The predicted octanol–water partition coefficient (Wildman–Crippen LogP) is 1.41. The zero-order chi connectivity index (χ0) is 5.33. The van der Waals surface area contributed by atoms with E-state index in [-0.39, 0.29) is 0 Å². The SMILES string of the molecule is OP1(=S)C=CC=C1. The molecule has 0 amide bonds. The minimum Gasteiger partial charge on any atom is -0.359 e. The molecule has 7 heavy (non-hydrogen) atoms. The second-order valence-corrected chi connectivity index (χ2v) is 5.05. The molecule has 0 bridgehead atoms. The summed E-state index contributed by atoms with van der Waals surface area (Å²) in [5, 5.41) is 0. The first-order valence-electron chi connectivity index (χ1n) is 1.90. The van der Waals surface area contributed by atoms with Crippen LogP contribution >= 0.6 is 6.26 Å². The van der Waals surface area contributed by atoms with Gasteiger partial charge in [0.25, 0.3) is 0 Å². The summed E-state index contributed by atoms with van der Waals surface area (Å²) in [4.78, 5) is 8.95. The maximum absolute atomic E-state index is 8.95. The van der Waals surface area contributed by atoms with Gasteiger partial charge in [-0.3, -0.25) is 0 Å². The minimum atomic E-state index is -2.07. The molecule has 0 spiro atoms. The summed E-state index contributed by atoms with van der Waals surface area (Å²) in [6, 6.07) is 0. The van der Waals surface area contributed by atoms with Crippen molar-refractivity contribution in [2.24, 2.45) is 0 Å². The maximum atomic E-state index is 8.95. The Balaban J connectivity index is 2.99. The van der Waals surface area contributed by atoms with Crippen LogP contribution in [0.5, 0.6) is 0 Å². The molecule has 1 rings (SSSR count). The van der Waals surface area contributed by atoms with E-state index in [2.05, 4.69) is 0 Å². The van der Waals surface area contributed by atoms with Crippen LogP contribution in [0.15, 0.2) is 23.8 Å². The number of allylic oxidation sites excluding steroid dienone is 2. The van der Waals surface area contributed by atoms with Gasteiger partial charge in [0, 0.05) is 0 Å². The van der Waals surface area contributed by atoms with Crippen LogP contribution in [0, 0.1) is 0 Å². The fourth-order valence-electron chi connectivity index (χ4n) is 0.396. The average Bonchev–Trinajstić information content (AvgIpc) is 1.84. The Labute approximate surface area is 47.4 Å². The molecular formula is C4H5OPS. The Hall–Kier alpha value is 0.0900. The van der Waals surface area contributed by atoms with Gasteiger partial charge in [0.05, 0.1) is 0 Å². The van der Waals surface area contributed by atoms with Crippen LogP contribution < -0.4 is 0 Å². The Bertz CT molecular complexity index is 155. The quantitative estimate of drug-likeness (QED) is 0.503. The third-order valence-electron chi connectivity index (χ3n) is 0.710. The van der Waals surface area contributed by atoms with Crippen molar-refractivity contribution in [1.82, 2.24) is 0 Å². The Morgan fingerprint density at radius 1 is 1.29 bits per heavy atom. The lowest BCUT2D eigenvalue weighted by atomic mass is 10.6. The third kappa shape index (κ3) is 1.23. The molecule has 1 N–H and O–H groups in total. The maximum Gasteiger partial charge on any atom is 0.106 e. The normalized spacial score (nSPS) is 23.6. The predicted molar refractivity (Wildman–Crippen MR) is 34.8 cm³/mol. The monoisotopic (exact) mass is 132 g/mol. The van der Waals surface area contributed by atoms with E-state index in [9.17, 15) is 0 Å². The van der Waals surface area contributed by atoms with Gasteiger partial charge in [-0.2, -0.15) is 0 Å². The molecule has 38 valence electrons. The van der Waals surface area contributed by atoms with Gasteiger partial charge in [0.1, 0.15) is 6.26 Å². The van der Waals surface area contributed by atoms with Crippen LogP contribution in [-0.4, -0.2) is 4.89 Å².